The maximum Gasteiger partial charge on any atom is 0.119 e. The number of hydrogen-bond acceptors (Lipinski definition) is 2. The molecule has 1 unspecified atom stereocenters. The average molecular weight is 269 g/mol. The molecule has 0 saturated heterocycles. The second kappa shape index (κ2) is 6.69. The Morgan fingerprint density at radius 3 is 1.75 bits per heavy atom. The van der Waals surface area contributed by atoms with Gasteiger partial charge in [-0.2, -0.15) is 0 Å². The van der Waals surface area contributed by atoms with Crippen molar-refractivity contribution in [2.24, 2.45) is 11.7 Å². The van der Waals surface area contributed by atoms with E-state index in [4.69, 9.17) is 5.73 Å². The second-order valence-electron chi connectivity index (χ2n) is 5.22. The Labute approximate surface area is 121 Å². The van der Waals surface area contributed by atoms with Crippen LogP contribution >= 0.6 is 0 Å². The third-order valence-electron chi connectivity index (χ3n) is 3.94. The van der Waals surface area contributed by atoms with E-state index in [-0.39, 0.29) is 5.92 Å². The summed E-state index contributed by atoms with van der Waals surface area (Å²) in [6.07, 6.45) is 1.90. The fourth-order valence-corrected chi connectivity index (χ4v) is 2.87. The molecule has 0 aliphatic carbocycles. The lowest BCUT2D eigenvalue weighted by molar-refractivity contribution is 0.0156. The summed E-state index contributed by atoms with van der Waals surface area (Å²) >= 11 is 0. The summed E-state index contributed by atoms with van der Waals surface area (Å²) < 4.78 is 0. The highest BCUT2D eigenvalue weighted by molar-refractivity contribution is 5.37. The zero-order valence-electron chi connectivity index (χ0n) is 12.0. The predicted octanol–water partition coefficient (Wildman–Crippen LogP) is 3.30. The Morgan fingerprint density at radius 2 is 1.40 bits per heavy atom. The van der Waals surface area contributed by atoms with Crippen LogP contribution in [0.15, 0.2) is 60.7 Å². The first-order valence-electron chi connectivity index (χ1n) is 7.27. The normalized spacial score (nSPS) is 13.2. The van der Waals surface area contributed by atoms with Gasteiger partial charge >= 0.3 is 0 Å². The van der Waals surface area contributed by atoms with E-state index in [0.717, 1.165) is 24.0 Å². The Bertz CT molecular complexity index is 470. The summed E-state index contributed by atoms with van der Waals surface area (Å²) in [5.74, 6) is 0.0114. The second-order valence-corrected chi connectivity index (χ2v) is 5.22. The fraction of sp³-hybridized carbons (Fsp3) is 0.333. The molecule has 0 spiro atoms. The molecule has 0 fully saturated rings. The summed E-state index contributed by atoms with van der Waals surface area (Å²) in [4.78, 5) is 0. The van der Waals surface area contributed by atoms with Crippen molar-refractivity contribution in [3.63, 3.8) is 0 Å². The van der Waals surface area contributed by atoms with Crippen LogP contribution in [-0.2, 0) is 5.60 Å². The van der Waals surface area contributed by atoms with Crippen molar-refractivity contribution in [2.75, 3.05) is 6.54 Å². The fourth-order valence-electron chi connectivity index (χ4n) is 2.87. The summed E-state index contributed by atoms with van der Waals surface area (Å²) in [5.41, 5.74) is 6.76. The number of benzene rings is 2. The van der Waals surface area contributed by atoms with Gasteiger partial charge in [0.2, 0.25) is 0 Å². The molecule has 0 bridgehead atoms. The largest absolute Gasteiger partial charge is 0.380 e. The monoisotopic (exact) mass is 269 g/mol. The molecule has 0 aliphatic heterocycles. The average Bonchev–Trinajstić information content (AvgIpc) is 2.53. The van der Waals surface area contributed by atoms with Crippen LogP contribution in [0.2, 0.25) is 0 Å². The molecular weight excluding hydrogens is 246 g/mol. The number of aliphatic hydroxyl groups is 1. The first kappa shape index (κ1) is 14.8. The minimum atomic E-state index is -1.02. The highest BCUT2D eigenvalue weighted by atomic mass is 16.3. The molecule has 20 heavy (non-hydrogen) atoms. The van der Waals surface area contributed by atoms with E-state index in [9.17, 15) is 5.11 Å². The van der Waals surface area contributed by atoms with E-state index in [1.165, 1.54) is 0 Å². The summed E-state index contributed by atoms with van der Waals surface area (Å²) in [5, 5.41) is 11.5. The molecule has 0 saturated carbocycles. The van der Waals surface area contributed by atoms with Gasteiger partial charge in [-0.3, -0.25) is 0 Å². The van der Waals surface area contributed by atoms with E-state index < -0.39 is 5.60 Å². The van der Waals surface area contributed by atoms with Crippen LogP contribution in [0.3, 0.4) is 0 Å². The third-order valence-corrected chi connectivity index (χ3v) is 3.94. The zero-order chi connectivity index (χ0) is 14.4. The minimum Gasteiger partial charge on any atom is -0.380 e. The van der Waals surface area contributed by atoms with Crippen molar-refractivity contribution in [1.29, 1.82) is 0 Å². The van der Waals surface area contributed by atoms with Gasteiger partial charge in [0.05, 0.1) is 0 Å². The van der Waals surface area contributed by atoms with Gasteiger partial charge in [0.25, 0.3) is 0 Å². The van der Waals surface area contributed by atoms with Gasteiger partial charge < -0.3 is 10.8 Å². The third kappa shape index (κ3) is 2.77. The van der Waals surface area contributed by atoms with Crippen LogP contribution in [0.1, 0.15) is 30.9 Å². The first-order chi connectivity index (χ1) is 9.73. The molecule has 106 valence electrons. The lowest BCUT2D eigenvalue weighted by Gasteiger charge is -2.37. The van der Waals surface area contributed by atoms with E-state index in [2.05, 4.69) is 6.92 Å². The number of hydrogen-bond donors (Lipinski definition) is 2. The first-order valence-corrected chi connectivity index (χ1v) is 7.27. The van der Waals surface area contributed by atoms with E-state index >= 15 is 0 Å². The van der Waals surface area contributed by atoms with Crippen molar-refractivity contribution in [3.05, 3.63) is 71.8 Å². The molecule has 2 aromatic rings. The Kier molecular flexibility index (Phi) is 4.94. The molecular formula is C18H23NO. The van der Waals surface area contributed by atoms with Crippen LogP contribution in [0, 0.1) is 5.92 Å². The van der Waals surface area contributed by atoms with Gasteiger partial charge in [-0.25, -0.2) is 0 Å². The molecule has 0 radical (unpaired) electrons. The van der Waals surface area contributed by atoms with Crippen molar-refractivity contribution in [3.8, 4) is 0 Å². The van der Waals surface area contributed by atoms with E-state index in [1.54, 1.807) is 0 Å². The number of rotatable bonds is 6. The number of nitrogens with two attached hydrogens (primary N) is 1. The maximum atomic E-state index is 11.5. The molecule has 0 amide bonds. The quantitative estimate of drug-likeness (QED) is 0.845. The molecule has 0 heterocycles. The molecule has 0 aromatic heterocycles. The molecule has 2 rings (SSSR count). The van der Waals surface area contributed by atoms with Crippen molar-refractivity contribution in [1.82, 2.24) is 0 Å². The molecule has 0 aliphatic rings. The lowest BCUT2D eigenvalue weighted by Crippen LogP contribution is -2.40. The maximum absolute atomic E-state index is 11.5. The minimum absolute atomic E-state index is 0.0114. The zero-order valence-corrected chi connectivity index (χ0v) is 12.0. The topological polar surface area (TPSA) is 46.2 Å². The molecule has 3 N–H and O–H groups in total. The Balaban J connectivity index is 2.54. The predicted molar refractivity (Wildman–Crippen MR) is 83.3 cm³/mol. The molecule has 2 heteroatoms. The SMILES string of the molecule is CCCC(CN)C(O)(c1ccccc1)c1ccccc1. The van der Waals surface area contributed by atoms with Gasteiger partial charge in [0.15, 0.2) is 0 Å². The van der Waals surface area contributed by atoms with Gasteiger partial charge in [0, 0.05) is 5.92 Å². The molecule has 2 nitrogen and oxygen atoms in total. The van der Waals surface area contributed by atoms with Crippen molar-refractivity contribution < 1.29 is 5.11 Å². The van der Waals surface area contributed by atoms with Gasteiger partial charge in [-0.1, -0.05) is 74.0 Å². The Hall–Kier alpha value is -1.64. The lowest BCUT2D eigenvalue weighted by atomic mass is 9.74. The van der Waals surface area contributed by atoms with Gasteiger partial charge in [-0.05, 0) is 24.1 Å². The summed E-state index contributed by atoms with van der Waals surface area (Å²) in [6.45, 7) is 2.59. The van der Waals surface area contributed by atoms with E-state index in [0.29, 0.717) is 6.54 Å². The van der Waals surface area contributed by atoms with Crippen LogP contribution in [0.4, 0.5) is 0 Å². The molecule has 2 aromatic carbocycles. The van der Waals surface area contributed by atoms with Gasteiger partial charge in [-0.15, -0.1) is 0 Å². The van der Waals surface area contributed by atoms with Crippen molar-refractivity contribution in [2.45, 2.75) is 25.4 Å². The van der Waals surface area contributed by atoms with E-state index in [1.807, 2.05) is 60.7 Å². The highest BCUT2D eigenvalue weighted by Gasteiger charge is 2.38. The van der Waals surface area contributed by atoms with Crippen molar-refractivity contribution >= 4 is 0 Å². The van der Waals surface area contributed by atoms with Crippen LogP contribution in [0.5, 0.6) is 0 Å². The van der Waals surface area contributed by atoms with Crippen LogP contribution in [-0.4, -0.2) is 11.7 Å². The summed E-state index contributed by atoms with van der Waals surface area (Å²) in [6, 6.07) is 19.7. The van der Waals surface area contributed by atoms with Crippen LogP contribution in [0.25, 0.3) is 0 Å². The highest BCUT2D eigenvalue weighted by Crippen LogP contribution is 2.38. The Morgan fingerprint density at radius 1 is 0.950 bits per heavy atom. The summed E-state index contributed by atoms with van der Waals surface area (Å²) in [7, 11) is 0. The standard InChI is InChI=1S/C18H23NO/c1-2-9-17(14-19)18(20,15-10-5-3-6-11-15)16-12-7-4-8-13-16/h3-8,10-13,17,20H,2,9,14,19H2,1H3. The van der Waals surface area contributed by atoms with Crippen LogP contribution < -0.4 is 5.73 Å². The molecule has 1 atom stereocenters. The smallest absolute Gasteiger partial charge is 0.119 e. The van der Waals surface area contributed by atoms with Gasteiger partial charge in [0.1, 0.15) is 5.60 Å².